The number of hydrogen-bond donors (Lipinski definition) is 1. The standard InChI is InChI=1S/C15H15N3O2/c1-10-7-13(20-18-10)9-17-15-14-4-3-12(19-2)8-11(14)5-6-16-15/h3-8H,9H2,1-2H3,(H,16,17). The molecule has 0 aliphatic rings. The molecule has 0 amide bonds. The van der Waals surface area contributed by atoms with E-state index in [0.29, 0.717) is 6.54 Å². The number of aromatic nitrogens is 2. The molecule has 0 unspecified atom stereocenters. The molecule has 0 radical (unpaired) electrons. The number of hydrogen-bond acceptors (Lipinski definition) is 5. The summed E-state index contributed by atoms with van der Waals surface area (Å²) in [5.41, 5.74) is 0.873. The summed E-state index contributed by atoms with van der Waals surface area (Å²) in [6, 6.07) is 9.77. The van der Waals surface area contributed by atoms with Gasteiger partial charge in [0.2, 0.25) is 0 Å². The highest BCUT2D eigenvalue weighted by Gasteiger charge is 2.05. The van der Waals surface area contributed by atoms with Gasteiger partial charge in [0.15, 0.2) is 5.76 Å². The van der Waals surface area contributed by atoms with Crippen molar-refractivity contribution in [2.75, 3.05) is 12.4 Å². The van der Waals surface area contributed by atoms with Crippen LogP contribution in [-0.4, -0.2) is 17.3 Å². The van der Waals surface area contributed by atoms with Crippen molar-refractivity contribution in [3.63, 3.8) is 0 Å². The van der Waals surface area contributed by atoms with E-state index in [1.54, 1.807) is 13.3 Å². The monoisotopic (exact) mass is 269 g/mol. The molecule has 0 aliphatic carbocycles. The predicted molar refractivity (Wildman–Crippen MR) is 76.9 cm³/mol. The minimum absolute atomic E-state index is 0.555. The van der Waals surface area contributed by atoms with Crippen LogP contribution < -0.4 is 10.1 Å². The lowest BCUT2D eigenvalue weighted by molar-refractivity contribution is 0.384. The number of nitrogens with one attached hydrogen (secondary N) is 1. The van der Waals surface area contributed by atoms with Crippen molar-refractivity contribution in [2.24, 2.45) is 0 Å². The Labute approximate surface area is 116 Å². The van der Waals surface area contributed by atoms with Gasteiger partial charge < -0.3 is 14.6 Å². The van der Waals surface area contributed by atoms with Crippen LogP contribution in [0, 0.1) is 6.92 Å². The molecular formula is C15H15N3O2. The maximum absolute atomic E-state index is 5.23. The van der Waals surface area contributed by atoms with Gasteiger partial charge in [0.1, 0.15) is 11.6 Å². The zero-order chi connectivity index (χ0) is 13.9. The second-order valence-corrected chi connectivity index (χ2v) is 4.53. The molecule has 5 nitrogen and oxygen atoms in total. The maximum atomic E-state index is 5.23. The van der Waals surface area contributed by atoms with Gasteiger partial charge in [-0.15, -0.1) is 0 Å². The number of ether oxygens (including phenoxy) is 1. The first kappa shape index (κ1) is 12.5. The molecule has 5 heteroatoms. The fourth-order valence-electron chi connectivity index (χ4n) is 2.09. The Hall–Kier alpha value is -2.56. The van der Waals surface area contributed by atoms with Crippen molar-refractivity contribution in [3.05, 3.63) is 48.0 Å². The second kappa shape index (κ2) is 5.21. The second-order valence-electron chi connectivity index (χ2n) is 4.53. The zero-order valence-corrected chi connectivity index (χ0v) is 11.4. The average molecular weight is 269 g/mol. The summed E-state index contributed by atoms with van der Waals surface area (Å²) in [7, 11) is 1.66. The summed E-state index contributed by atoms with van der Waals surface area (Å²) in [5.74, 6) is 2.44. The van der Waals surface area contributed by atoms with Gasteiger partial charge in [0, 0.05) is 17.6 Å². The van der Waals surface area contributed by atoms with Gasteiger partial charge in [-0.3, -0.25) is 0 Å². The third-order valence-corrected chi connectivity index (χ3v) is 3.08. The van der Waals surface area contributed by atoms with Crippen molar-refractivity contribution in [3.8, 4) is 5.75 Å². The maximum Gasteiger partial charge on any atom is 0.156 e. The van der Waals surface area contributed by atoms with Crippen LogP contribution in [0.3, 0.4) is 0 Å². The first-order chi connectivity index (χ1) is 9.76. The largest absolute Gasteiger partial charge is 0.497 e. The van der Waals surface area contributed by atoms with Crippen LogP contribution in [0.25, 0.3) is 10.8 Å². The summed E-state index contributed by atoms with van der Waals surface area (Å²) in [4.78, 5) is 4.37. The Kier molecular flexibility index (Phi) is 3.25. The van der Waals surface area contributed by atoms with E-state index >= 15 is 0 Å². The van der Waals surface area contributed by atoms with E-state index in [-0.39, 0.29) is 0 Å². The highest BCUT2D eigenvalue weighted by Crippen LogP contribution is 2.25. The van der Waals surface area contributed by atoms with Crippen LogP contribution >= 0.6 is 0 Å². The molecule has 0 atom stereocenters. The van der Waals surface area contributed by atoms with E-state index in [2.05, 4.69) is 15.5 Å². The number of aryl methyl sites for hydroxylation is 1. The van der Waals surface area contributed by atoms with Crippen molar-refractivity contribution >= 4 is 16.6 Å². The van der Waals surface area contributed by atoms with E-state index in [1.807, 2.05) is 37.3 Å². The third-order valence-electron chi connectivity index (χ3n) is 3.08. The summed E-state index contributed by atoms with van der Waals surface area (Å²) in [6.07, 6.45) is 1.77. The number of nitrogens with zero attached hydrogens (tertiary/aromatic N) is 2. The summed E-state index contributed by atoms with van der Waals surface area (Å²) in [6.45, 7) is 2.45. The number of anilines is 1. The molecule has 0 saturated carbocycles. The highest BCUT2D eigenvalue weighted by molar-refractivity contribution is 5.92. The lowest BCUT2D eigenvalue weighted by atomic mass is 10.1. The van der Waals surface area contributed by atoms with Gasteiger partial charge in [0.05, 0.1) is 19.3 Å². The summed E-state index contributed by atoms with van der Waals surface area (Å²) >= 11 is 0. The predicted octanol–water partition coefficient (Wildman–Crippen LogP) is 3.15. The van der Waals surface area contributed by atoms with Crippen molar-refractivity contribution < 1.29 is 9.26 Å². The number of benzene rings is 1. The number of fused-ring (bicyclic) bond motifs is 1. The normalized spacial score (nSPS) is 10.7. The molecule has 3 rings (SSSR count). The minimum Gasteiger partial charge on any atom is -0.497 e. The smallest absolute Gasteiger partial charge is 0.156 e. The molecular weight excluding hydrogens is 254 g/mol. The van der Waals surface area contributed by atoms with Crippen LogP contribution in [-0.2, 0) is 6.54 Å². The van der Waals surface area contributed by atoms with Gasteiger partial charge in [-0.05, 0) is 36.6 Å². The van der Waals surface area contributed by atoms with E-state index < -0.39 is 0 Å². The Balaban J connectivity index is 1.87. The first-order valence-electron chi connectivity index (χ1n) is 6.35. The van der Waals surface area contributed by atoms with E-state index in [0.717, 1.165) is 33.8 Å². The lowest BCUT2D eigenvalue weighted by Gasteiger charge is -2.08. The third kappa shape index (κ3) is 2.42. The Morgan fingerprint density at radius 1 is 1.25 bits per heavy atom. The lowest BCUT2D eigenvalue weighted by Crippen LogP contribution is -2.01. The van der Waals surface area contributed by atoms with Crippen LogP contribution in [0.2, 0.25) is 0 Å². The Morgan fingerprint density at radius 2 is 2.15 bits per heavy atom. The highest BCUT2D eigenvalue weighted by atomic mass is 16.5. The van der Waals surface area contributed by atoms with Crippen LogP contribution in [0.15, 0.2) is 41.1 Å². The fourth-order valence-corrected chi connectivity index (χ4v) is 2.09. The number of pyridine rings is 1. The number of methoxy groups -OCH3 is 1. The SMILES string of the molecule is COc1ccc2c(NCc3cc(C)no3)nccc2c1. The summed E-state index contributed by atoms with van der Waals surface area (Å²) in [5, 5.41) is 9.26. The van der Waals surface area contributed by atoms with Gasteiger partial charge >= 0.3 is 0 Å². The first-order valence-corrected chi connectivity index (χ1v) is 6.35. The molecule has 3 aromatic rings. The fraction of sp³-hybridized carbons (Fsp3) is 0.200. The molecule has 102 valence electrons. The quantitative estimate of drug-likeness (QED) is 0.788. The Bertz CT molecular complexity index is 737. The molecule has 2 aromatic heterocycles. The molecule has 20 heavy (non-hydrogen) atoms. The van der Waals surface area contributed by atoms with Crippen molar-refractivity contribution in [1.82, 2.24) is 10.1 Å². The molecule has 1 aromatic carbocycles. The van der Waals surface area contributed by atoms with Crippen molar-refractivity contribution in [1.29, 1.82) is 0 Å². The van der Waals surface area contributed by atoms with Crippen LogP contribution in [0.4, 0.5) is 5.82 Å². The molecule has 0 spiro atoms. The van der Waals surface area contributed by atoms with Gasteiger partial charge in [-0.2, -0.15) is 0 Å². The van der Waals surface area contributed by atoms with E-state index in [4.69, 9.17) is 9.26 Å². The number of rotatable bonds is 4. The van der Waals surface area contributed by atoms with Gasteiger partial charge in [0.25, 0.3) is 0 Å². The Morgan fingerprint density at radius 3 is 2.90 bits per heavy atom. The molecule has 0 fully saturated rings. The van der Waals surface area contributed by atoms with Crippen molar-refractivity contribution in [2.45, 2.75) is 13.5 Å². The van der Waals surface area contributed by atoms with E-state index in [1.165, 1.54) is 0 Å². The molecule has 1 N–H and O–H groups in total. The van der Waals surface area contributed by atoms with E-state index in [9.17, 15) is 0 Å². The molecule has 0 saturated heterocycles. The molecule has 0 bridgehead atoms. The average Bonchev–Trinajstić information content (AvgIpc) is 2.90. The van der Waals surface area contributed by atoms with Gasteiger partial charge in [-0.25, -0.2) is 4.98 Å². The van der Waals surface area contributed by atoms with Crippen LogP contribution in [0.5, 0.6) is 5.75 Å². The topological polar surface area (TPSA) is 60.2 Å². The van der Waals surface area contributed by atoms with Gasteiger partial charge in [-0.1, -0.05) is 5.16 Å². The zero-order valence-electron chi connectivity index (χ0n) is 11.4. The molecule has 0 aliphatic heterocycles. The van der Waals surface area contributed by atoms with Crippen LogP contribution in [0.1, 0.15) is 11.5 Å². The summed E-state index contributed by atoms with van der Waals surface area (Å²) < 4.78 is 10.4. The molecule has 2 heterocycles. The minimum atomic E-state index is 0.555.